The molecule has 4 aromatic rings. The van der Waals surface area contributed by atoms with E-state index in [9.17, 15) is 4.79 Å². The van der Waals surface area contributed by atoms with Crippen LogP contribution in [0.3, 0.4) is 0 Å². The third kappa shape index (κ3) is 4.15. The van der Waals surface area contributed by atoms with Crippen molar-refractivity contribution in [2.24, 2.45) is 5.73 Å². The van der Waals surface area contributed by atoms with Crippen molar-refractivity contribution in [2.45, 2.75) is 31.8 Å². The molecular weight excluding hydrogens is 382 g/mol. The van der Waals surface area contributed by atoms with Gasteiger partial charge in [0.1, 0.15) is 24.4 Å². The average molecular weight is 411 g/mol. The quantitative estimate of drug-likeness (QED) is 0.439. The molecule has 0 radical (unpaired) electrons. The lowest BCUT2D eigenvalue weighted by atomic mass is 9.71. The fraction of sp³-hybridized carbons (Fsp3) is 0.185. The molecule has 156 valence electrons. The molecule has 1 aromatic heterocycles. The summed E-state index contributed by atoms with van der Waals surface area (Å²) in [7, 11) is 0. The van der Waals surface area contributed by atoms with E-state index in [0.29, 0.717) is 13.0 Å². The Labute approximate surface area is 183 Å². The number of carbonyl (C=O) groups excluding carboxylic acids is 1. The lowest BCUT2D eigenvalue weighted by Crippen LogP contribution is -2.43. The van der Waals surface area contributed by atoms with Crippen molar-refractivity contribution < 1.29 is 9.36 Å². The van der Waals surface area contributed by atoms with Gasteiger partial charge in [0.15, 0.2) is 0 Å². The van der Waals surface area contributed by atoms with Crippen molar-refractivity contribution in [3.05, 3.63) is 126 Å². The zero-order valence-corrected chi connectivity index (χ0v) is 17.8. The van der Waals surface area contributed by atoms with Gasteiger partial charge in [-0.3, -0.25) is 4.79 Å². The fourth-order valence-corrected chi connectivity index (χ4v) is 4.32. The summed E-state index contributed by atoms with van der Waals surface area (Å²) in [5.41, 5.74) is 8.32. The number of hydrogen-bond acceptors (Lipinski definition) is 1. The molecule has 3 aromatic carbocycles. The molecule has 0 spiro atoms. The van der Waals surface area contributed by atoms with Crippen LogP contribution in [-0.2, 0) is 23.3 Å². The van der Waals surface area contributed by atoms with Crippen LogP contribution in [0.25, 0.3) is 0 Å². The van der Waals surface area contributed by atoms with E-state index in [1.807, 2.05) is 66.7 Å². The van der Waals surface area contributed by atoms with Gasteiger partial charge in [-0.15, -0.1) is 0 Å². The zero-order valence-electron chi connectivity index (χ0n) is 17.8. The van der Waals surface area contributed by atoms with Crippen molar-refractivity contribution >= 4 is 5.91 Å². The van der Waals surface area contributed by atoms with Gasteiger partial charge in [0.05, 0.1) is 6.54 Å². The molecule has 4 heteroatoms. The smallest absolute Gasteiger partial charge is 0.253 e. The molecule has 4 nitrogen and oxygen atoms in total. The standard InChI is InChI=1S/C27H27N3O/c1-22-29(19-20-30(22)21-23-11-5-2-6-12-23)18-17-27(26(28)31,24-13-7-3-8-14-24)25-15-9-4-10-16-25/h2-16,19-20H,17-18,21H2,1H3,(H-,28,31)/p+1. The molecule has 4 rings (SSSR count). The second-order valence-electron chi connectivity index (χ2n) is 7.90. The molecule has 0 aliphatic heterocycles. The predicted molar refractivity (Wildman–Crippen MR) is 122 cm³/mol. The third-order valence-electron chi connectivity index (χ3n) is 6.14. The van der Waals surface area contributed by atoms with Crippen molar-refractivity contribution in [1.29, 1.82) is 0 Å². The van der Waals surface area contributed by atoms with Crippen LogP contribution in [0.5, 0.6) is 0 Å². The Bertz CT molecular complexity index is 1100. The monoisotopic (exact) mass is 410 g/mol. The minimum Gasteiger partial charge on any atom is -0.369 e. The van der Waals surface area contributed by atoms with Crippen molar-refractivity contribution in [3.63, 3.8) is 0 Å². The highest BCUT2D eigenvalue weighted by atomic mass is 16.1. The number of imidazole rings is 1. The van der Waals surface area contributed by atoms with Crippen LogP contribution in [0.4, 0.5) is 0 Å². The van der Waals surface area contributed by atoms with Gasteiger partial charge in [0.2, 0.25) is 5.91 Å². The van der Waals surface area contributed by atoms with Crippen molar-refractivity contribution in [2.75, 3.05) is 0 Å². The van der Waals surface area contributed by atoms with Gasteiger partial charge in [0, 0.05) is 13.3 Å². The zero-order chi connectivity index (χ0) is 21.7. The minimum absolute atomic E-state index is 0.327. The van der Waals surface area contributed by atoms with E-state index >= 15 is 0 Å². The average Bonchev–Trinajstić information content (AvgIpc) is 3.15. The third-order valence-corrected chi connectivity index (χ3v) is 6.14. The molecule has 0 saturated heterocycles. The number of nitrogens with zero attached hydrogens (tertiary/aromatic N) is 2. The van der Waals surface area contributed by atoms with E-state index < -0.39 is 5.41 Å². The number of rotatable bonds is 8. The summed E-state index contributed by atoms with van der Waals surface area (Å²) in [6, 6.07) is 30.2. The fourth-order valence-electron chi connectivity index (χ4n) is 4.32. The Hall–Kier alpha value is -3.66. The minimum atomic E-state index is -0.885. The number of hydrogen-bond donors (Lipinski definition) is 1. The Balaban J connectivity index is 1.66. The van der Waals surface area contributed by atoms with E-state index in [-0.39, 0.29) is 5.91 Å². The molecular formula is C27H28N3O+. The van der Waals surface area contributed by atoms with Crippen LogP contribution < -0.4 is 10.3 Å². The molecule has 0 unspecified atom stereocenters. The van der Waals surface area contributed by atoms with E-state index in [4.69, 9.17) is 5.73 Å². The molecule has 1 amide bonds. The Morgan fingerprint density at radius 2 is 1.39 bits per heavy atom. The Kier molecular flexibility index (Phi) is 5.99. The first kappa shape index (κ1) is 20.6. The number of nitrogens with two attached hydrogens (primary N) is 1. The second-order valence-corrected chi connectivity index (χ2v) is 7.90. The van der Waals surface area contributed by atoms with E-state index in [1.54, 1.807) is 0 Å². The van der Waals surface area contributed by atoms with E-state index in [2.05, 4.69) is 52.7 Å². The van der Waals surface area contributed by atoms with Crippen LogP contribution in [-0.4, -0.2) is 10.5 Å². The maximum atomic E-state index is 13.0. The molecule has 0 bridgehead atoms. The van der Waals surface area contributed by atoms with Crippen LogP contribution in [0, 0.1) is 6.92 Å². The highest BCUT2D eigenvalue weighted by molar-refractivity contribution is 5.90. The van der Waals surface area contributed by atoms with Crippen LogP contribution in [0.15, 0.2) is 103 Å². The van der Waals surface area contributed by atoms with Crippen LogP contribution >= 0.6 is 0 Å². The van der Waals surface area contributed by atoms with Gasteiger partial charge >= 0.3 is 0 Å². The van der Waals surface area contributed by atoms with E-state index in [1.165, 1.54) is 5.56 Å². The lowest BCUT2D eigenvalue weighted by molar-refractivity contribution is -0.694. The topological polar surface area (TPSA) is 51.9 Å². The Morgan fingerprint density at radius 1 is 0.871 bits per heavy atom. The summed E-state index contributed by atoms with van der Waals surface area (Å²) >= 11 is 0. The van der Waals surface area contributed by atoms with Gasteiger partial charge in [-0.05, 0) is 16.7 Å². The molecule has 1 heterocycles. The van der Waals surface area contributed by atoms with Gasteiger partial charge in [-0.25, -0.2) is 9.13 Å². The molecule has 0 aliphatic rings. The normalized spacial score (nSPS) is 11.4. The summed E-state index contributed by atoms with van der Waals surface area (Å²) in [4.78, 5) is 13.0. The van der Waals surface area contributed by atoms with Crippen LogP contribution in [0.1, 0.15) is 28.9 Å². The SMILES string of the molecule is Cc1n(CCC(C(N)=O)(c2ccccc2)c2ccccc2)cc[n+]1Cc1ccccc1. The maximum absolute atomic E-state index is 13.0. The van der Waals surface area contributed by atoms with E-state index in [0.717, 1.165) is 23.5 Å². The first-order valence-corrected chi connectivity index (χ1v) is 10.6. The number of aryl methyl sites for hydroxylation is 1. The maximum Gasteiger partial charge on any atom is 0.253 e. The highest BCUT2D eigenvalue weighted by Gasteiger charge is 2.40. The number of primary amides is 1. The molecule has 0 fully saturated rings. The van der Waals surface area contributed by atoms with Crippen LogP contribution in [0.2, 0.25) is 0 Å². The predicted octanol–water partition coefficient (Wildman–Crippen LogP) is 3.99. The Morgan fingerprint density at radius 3 is 1.90 bits per heavy atom. The highest BCUT2D eigenvalue weighted by Crippen LogP contribution is 2.36. The molecule has 0 atom stereocenters. The summed E-state index contributed by atoms with van der Waals surface area (Å²) < 4.78 is 4.43. The summed E-state index contributed by atoms with van der Waals surface area (Å²) in [6.07, 6.45) is 4.76. The first-order chi connectivity index (χ1) is 15.1. The largest absolute Gasteiger partial charge is 0.369 e. The molecule has 31 heavy (non-hydrogen) atoms. The van der Waals surface area contributed by atoms with Crippen molar-refractivity contribution in [3.8, 4) is 0 Å². The summed E-state index contributed by atoms with van der Waals surface area (Å²) in [5.74, 6) is 0.815. The number of aromatic nitrogens is 2. The summed E-state index contributed by atoms with van der Waals surface area (Å²) in [5, 5.41) is 0. The summed E-state index contributed by atoms with van der Waals surface area (Å²) in [6.45, 7) is 3.61. The van der Waals surface area contributed by atoms with Gasteiger partial charge in [0.25, 0.3) is 5.82 Å². The first-order valence-electron chi connectivity index (χ1n) is 10.6. The van der Waals surface area contributed by atoms with Gasteiger partial charge in [-0.2, -0.15) is 0 Å². The molecule has 0 aliphatic carbocycles. The van der Waals surface area contributed by atoms with Gasteiger partial charge < -0.3 is 5.73 Å². The molecule has 2 N–H and O–H groups in total. The van der Waals surface area contributed by atoms with Gasteiger partial charge in [-0.1, -0.05) is 91.0 Å². The van der Waals surface area contributed by atoms with Crippen molar-refractivity contribution in [1.82, 2.24) is 4.57 Å². The lowest BCUT2D eigenvalue weighted by Gasteiger charge is -2.31. The number of carbonyl (C=O) groups is 1. The molecule has 0 saturated carbocycles. The number of amides is 1. The second kappa shape index (κ2) is 9.00. The number of benzene rings is 3.